The Morgan fingerprint density at radius 2 is 1.92 bits per heavy atom. The van der Waals surface area contributed by atoms with E-state index in [9.17, 15) is 22.0 Å². The smallest absolute Gasteiger partial charge is 0.349 e. The fourth-order valence-corrected chi connectivity index (χ4v) is 4.74. The number of hydrogen-bond donors (Lipinski definition) is 0. The van der Waals surface area contributed by atoms with E-state index in [-0.39, 0.29) is 15.3 Å². The number of benzene rings is 1. The lowest BCUT2D eigenvalue weighted by molar-refractivity contribution is 0.0602. The summed E-state index contributed by atoms with van der Waals surface area (Å²) in [5.41, 5.74) is 0.287. The van der Waals surface area contributed by atoms with Crippen molar-refractivity contribution in [2.75, 3.05) is 14.2 Å². The number of nitrogens with zero attached hydrogens (tertiary/aromatic N) is 1. The molecule has 24 heavy (non-hydrogen) atoms. The van der Waals surface area contributed by atoms with E-state index >= 15 is 0 Å². The highest BCUT2D eigenvalue weighted by molar-refractivity contribution is 7.89. The SMILES string of the molecule is COC(=O)c1sccc1S(=O)(=O)N(C)C(C)c1ccc(F)c(F)c1. The van der Waals surface area contributed by atoms with Crippen LogP contribution in [0.3, 0.4) is 0 Å². The van der Waals surface area contributed by atoms with Gasteiger partial charge in [-0.1, -0.05) is 6.07 Å². The van der Waals surface area contributed by atoms with Crippen LogP contribution in [0.2, 0.25) is 0 Å². The minimum atomic E-state index is -4.03. The predicted molar refractivity (Wildman–Crippen MR) is 85.4 cm³/mol. The molecule has 2 rings (SSSR count). The van der Waals surface area contributed by atoms with E-state index in [1.165, 1.54) is 31.5 Å². The monoisotopic (exact) mass is 375 g/mol. The average molecular weight is 375 g/mol. The first kappa shape index (κ1) is 18.5. The molecule has 9 heteroatoms. The molecule has 1 aromatic carbocycles. The van der Waals surface area contributed by atoms with Gasteiger partial charge in [0.15, 0.2) is 11.6 Å². The number of esters is 1. The maximum Gasteiger partial charge on any atom is 0.349 e. The average Bonchev–Trinajstić information content (AvgIpc) is 3.05. The number of rotatable bonds is 5. The third-order valence-corrected chi connectivity index (χ3v) is 6.62. The lowest BCUT2D eigenvalue weighted by atomic mass is 10.1. The van der Waals surface area contributed by atoms with E-state index < -0.39 is 33.7 Å². The molecule has 0 aliphatic rings. The molecule has 1 heterocycles. The number of sulfonamides is 1. The molecule has 1 unspecified atom stereocenters. The van der Waals surface area contributed by atoms with Crippen LogP contribution >= 0.6 is 11.3 Å². The van der Waals surface area contributed by atoms with E-state index in [1.807, 2.05) is 0 Å². The third kappa shape index (κ3) is 3.33. The second-order valence-electron chi connectivity index (χ2n) is 4.98. The maximum atomic E-state index is 13.4. The first-order valence-electron chi connectivity index (χ1n) is 6.79. The molecule has 1 atom stereocenters. The number of halogens is 2. The van der Waals surface area contributed by atoms with Gasteiger partial charge < -0.3 is 4.74 Å². The fraction of sp³-hybridized carbons (Fsp3) is 0.267. The summed E-state index contributed by atoms with van der Waals surface area (Å²) in [7, 11) is -1.56. The van der Waals surface area contributed by atoms with Gasteiger partial charge in [0, 0.05) is 13.1 Å². The minimum Gasteiger partial charge on any atom is -0.465 e. The van der Waals surface area contributed by atoms with Crippen molar-refractivity contribution >= 4 is 27.3 Å². The number of hydrogen-bond acceptors (Lipinski definition) is 5. The molecule has 0 saturated carbocycles. The summed E-state index contributed by atoms with van der Waals surface area (Å²) >= 11 is 0.948. The lowest BCUT2D eigenvalue weighted by Gasteiger charge is -2.24. The van der Waals surface area contributed by atoms with Gasteiger partial charge in [-0.2, -0.15) is 4.31 Å². The molecule has 130 valence electrons. The summed E-state index contributed by atoms with van der Waals surface area (Å²) in [5.74, 6) is -2.82. The van der Waals surface area contributed by atoms with Gasteiger partial charge in [0.25, 0.3) is 0 Å². The topological polar surface area (TPSA) is 63.7 Å². The van der Waals surface area contributed by atoms with Crippen LogP contribution in [0.15, 0.2) is 34.5 Å². The van der Waals surface area contributed by atoms with Crippen LogP contribution in [0.4, 0.5) is 8.78 Å². The first-order chi connectivity index (χ1) is 11.2. The Balaban J connectivity index is 2.40. The fourth-order valence-electron chi connectivity index (χ4n) is 2.09. The van der Waals surface area contributed by atoms with Crippen LogP contribution in [0, 0.1) is 11.6 Å². The Morgan fingerprint density at radius 3 is 2.50 bits per heavy atom. The molecule has 5 nitrogen and oxygen atoms in total. The van der Waals surface area contributed by atoms with Crippen molar-refractivity contribution in [2.45, 2.75) is 17.9 Å². The molecule has 0 radical (unpaired) electrons. The van der Waals surface area contributed by atoms with Crippen LogP contribution in [0.25, 0.3) is 0 Å². The quantitative estimate of drug-likeness (QED) is 0.753. The number of thiophene rings is 1. The van der Waals surface area contributed by atoms with Gasteiger partial charge in [0.05, 0.1) is 7.11 Å². The molecule has 1 aromatic heterocycles. The normalized spacial score (nSPS) is 13.1. The van der Waals surface area contributed by atoms with Crippen molar-refractivity contribution in [3.8, 4) is 0 Å². The zero-order valence-corrected chi connectivity index (χ0v) is 14.7. The minimum absolute atomic E-state index is 0.0400. The highest BCUT2D eigenvalue weighted by atomic mass is 32.2. The van der Waals surface area contributed by atoms with Gasteiger partial charge in [0.2, 0.25) is 10.0 Å². The van der Waals surface area contributed by atoms with Crippen molar-refractivity contribution < 1.29 is 26.7 Å². The van der Waals surface area contributed by atoms with Gasteiger partial charge in [-0.3, -0.25) is 0 Å². The Hall–Kier alpha value is -1.84. The molecule has 0 aliphatic heterocycles. The maximum absolute atomic E-state index is 13.4. The van der Waals surface area contributed by atoms with Crippen LogP contribution in [0.1, 0.15) is 28.2 Å². The van der Waals surface area contributed by atoms with Crippen molar-refractivity contribution in [1.82, 2.24) is 4.31 Å². The van der Waals surface area contributed by atoms with E-state index in [2.05, 4.69) is 4.74 Å². The van der Waals surface area contributed by atoms with Crippen molar-refractivity contribution in [2.24, 2.45) is 0 Å². The van der Waals surface area contributed by atoms with Gasteiger partial charge in [-0.25, -0.2) is 22.0 Å². The summed E-state index contributed by atoms with van der Waals surface area (Å²) in [6, 6.07) is 3.73. The van der Waals surface area contributed by atoms with E-state index in [0.717, 1.165) is 34.9 Å². The Kier molecular flexibility index (Phi) is 5.36. The van der Waals surface area contributed by atoms with E-state index in [4.69, 9.17) is 0 Å². The molecule has 0 amide bonds. The number of carbonyl (C=O) groups is 1. The molecule has 0 aliphatic carbocycles. The van der Waals surface area contributed by atoms with Crippen molar-refractivity contribution in [3.63, 3.8) is 0 Å². The van der Waals surface area contributed by atoms with E-state index in [1.54, 1.807) is 0 Å². The molecule has 0 bridgehead atoms. The third-order valence-electron chi connectivity index (χ3n) is 3.63. The first-order valence-corrected chi connectivity index (χ1v) is 9.11. The van der Waals surface area contributed by atoms with Crippen molar-refractivity contribution in [1.29, 1.82) is 0 Å². The second-order valence-corrected chi connectivity index (χ2v) is 7.86. The summed E-state index contributed by atoms with van der Waals surface area (Å²) in [4.78, 5) is 11.5. The Labute approximate surface area is 142 Å². The van der Waals surface area contributed by atoms with Gasteiger partial charge in [-0.05, 0) is 36.1 Å². The van der Waals surface area contributed by atoms with Gasteiger partial charge in [0.1, 0.15) is 9.77 Å². The zero-order valence-electron chi connectivity index (χ0n) is 13.1. The predicted octanol–water partition coefficient (Wildman–Crippen LogP) is 3.19. The Bertz CT molecular complexity index is 864. The van der Waals surface area contributed by atoms with Crippen LogP contribution in [0.5, 0.6) is 0 Å². The lowest BCUT2D eigenvalue weighted by Crippen LogP contribution is -2.30. The largest absolute Gasteiger partial charge is 0.465 e. The molecule has 2 aromatic rings. The van der Waals surface area contributed by atoms with Gasteiger partial charge in [-0.15, -0.1) is 11.3 Å². The highest BCUT2D eigenvalue weighted by Gasteiger charge is 2.31. The summed E-state index contributed by atoms with van der Waals surface area (Å²) in [5, 5.41) is 1.47. The molecular weight excluding hydrogens is 360 g/mol. The summed E-state index contributed by atoms with van der Waals surface area (Å²) in [6.07, 6.45) is 0. The standard InChI is InChI=1S/C15H15F2NO4S2/c1-9(10-4-5-11(16)12(17)8-10)18(2)24(20,21)13-6-7-23-14(13)15(19)22-3/h4-9H,1-3H3. The second kappa shape index (κ2) is 6.96. The van der Waals surface area contributed by atoms with Crippen LogP contribution in [-0.2, 0) is 14.8 Å². The van der Waals surface area contributed by atoms with E-state index in [0.29, 0.717) is 0 Å². The zero-order chi connectivity index (χ0) is 18.1. The summed E-state index contributed by atoms with van der Waals surface area (Å²) < 4.78 is 57.5. The van der Waals surface area contributed by atoms with Crippen molar-refractivity contribution in [3.05, 3.63) is 51.7 Å². The van der Waals surface area contributed by atoms with Crippen LogP contribution in [-0.4, -0.2) is 32.8 Å². The molecule has 0 fully saturated rings. The highest BCUT2D eigenvalue weighted by Crippen LogP contribution is 2.30. The molecule has 0 N–H and O–H groups in total. The molecule has 0 spiro atoms. The van der Waals surface area contributed by atoms with Gasteiger partial charge >= 0.3 is 5.97 Å². The molecule has 0 saturated heterocycles. The summed E-state index contributed by atoms with van der Waals surface area (Å²) in [6.45, 7) is 1.54. The number of ether oxygens (including phenoxy) is 1. The molecular formula is C15H15F2NO4S2. The van der Waals surface area contributed by atoms with Crippen LogP contribution < -0.4 is 0 Å². The number of carbonyl (C=O) groups excluding carboxylic acids is 1. The number of methoxy groups -OCH3 is 1. The Morgan fingerprint density at radius 1 is 1.25 bits per heavy atom.